The molecule has 10 heteroatoms. The van der Waals surface area contributed by atoms with Crippen LogP contribution < -0.4 is 11.1 Å². The number of fused-ring (bicyclic) bond motifs is 2. The molecule has 0 aliphatic carbocycles. The van der Waals surface area contributed by atoms with E-state index in [2.05, 4.69) is 56.4 Å². The second kappa shape index (κ2) is 19.0. The minimum atomic E-state index is -0.319. The molecule has 0 saturated heterocycles. The number of hydrogen-bond acceptors (Lipinski definition) is 9. The summed E-state index contributed by atoms with van der Waals surface area (Å²) in [4.78, 5) is 26.7. The Labute approximate surface area is 319 Å². The number of benzene rings is 4. The zero-order valence-electron chi connectivity index (χ0n) is 30.6. The molecule has 0 saturated carbocycles. The first-order valence-electron chi connectivity index (χ1n) is 17.3. The highest BCUT2D eigenvalue weighted by Crippen LogP contribution is 2.36. The summed E-state index contributed by atoms with van der Waals surface area (Å²) in [7, 11) is 0. The highest BCUT2D eigenvalue weighted by atomic mass is 19.1. The van der Waals surface area contributed by atoms with Gasteiger partial charge in [-0.1, -0.05) is 78.4 Å². The summed E-state index contributed by atoms with van der Waals surface area (Å²) in [5.41, 5.74) is 12.3. The molecule has 4 aromatic heterocycles. The Morgan fingerprint density at radius 3 is 1.82 bits per heavy atom. The van der Waals surface area contributed by atoms with Crippen LogP contribution in [0.3, 0.4) is 0 Å². The Hall–Kier alpha value is -7.20. The zero-order valence-corrected chi connectivity index (χ0v) is 30.6. The van der Waals surface area contributed by atoms with Crippen molar-refractivity contribution in [3.63, 3.8) is 0 Å². The Balaban J connectivity index is 0.000000168. The van der Waals surface area contributed by atoms with E-state index < -0.39 is 0 Å². The average molecular weight is 733 g/mol. The standard InChI is InChI=1S/C23H21N3O.C9H7NO.C7H5FO.C6H8N2/c1-15-5-8-18(9-6-15)21(26-20-12-7-16(2)14-25-20)19-11-10-17-4-3-13-24-22(17)23(19)27;11-8-5-1-3-7-4-2-6-10-9(7)8;8-7-3-1-6(5-9)2-4-7;1-5-2-3-6(7)8-4-5/h3-14,21,27H,1-2H3,(H,25,26);1-6,11H;1-5H;2-4H,1H3,(H2,7,8). The number of nitrogens with two attached hydrogens (primary N) is 1. The maximum atomic E-state index is 12.1. The number of pyridine rings is 4. The van der Waals surface area contributed by atoms with Crippen molar-refractivity contribution in [2.45, 2.75) is 26.8 Å². The molecular weight excluding hydrogens is 692 g/mol. The van der Waals surface area contributed by atoms with Gasteiger partial charge in [0.15, 0.2) is 0 Å². The molecule has 4 aromatic carbocycles. The van der Waals surface area contributed by atoms with Crippen molar-refractivity contribution in [1.29, 1.82) is 0 Å². The first-order valence-corrected chi connectivity index (χ1v) is 17.3. The van der Waals surface area contributed by atoms with E-state index in [9.17, 15) is 19.4 Å². The molecule has 0 bridgehead atoms. The van der Waals surface area contributed by atoms with Crippen LogP contribution in [-0.2, 0) is 0 Å². The number of aldehydes is 1. The number of carbonyl (C=O) groups excluding carboxylic acids is 1. The van der Waals surface area contributed by atoms with Gasteiger partial charge in [-0.05, 0) is 92.1 Å². The fourth-order valence-electron chi connectivity index (χ4n) is 5.29. The van der Waals surface area contributed by atoms with Gasteiger partial charge in [0.1, 0.15) is 46.3 Å². The molecule has 1 unspecified atom stereocenters. The number of nitrogen functional groups attached to an aromatic ring is 1. The molecule has 0 radical (unpaired) electrons. The second-order valence-electron chi connectivity index (χ2n) is 12.6. The molecule has 8 aromatic rings. The van der Waals surface area contributed by atoms with Gasteiger partial charge < -0.3 is 21.3 Å². The molecule has 4 heterocycles. The van der Waals surface area contributed by atoms with Crippen molar-refractivity contribution in [2.75, 3.05) is 11.1 Å². The predicted octanol–water partition coefficient (Wildman–Crippen LogP) is 9.70. The number of aromatic nitrogens is 4. The number of nitrogens with zero attached hydrogens (tertiary/aromatic N) is 4. The molecule has 9 nitrogen and oxygen atoms in total. The van der Waals surface area contributed by atoms with Crippen molar-refractivity contribution in [3.8, 4) is 11.5 Å². The van der Waals surface area contributed by atoms with E-state index in [-0.39, 0.29) is 23.4 Å². The molecule has 0 amide bonds. The van der Waals surface area contributed by atoms with Crippen molar-refractivity contribution in [2.24, 2.45) is 0 Å². The van der Waals surface area contributed by atoms with Crippen molar-refractivity contribution in [3.05, 3.63) is 191 Å². The van der Waals surface area contributed by atoms with Crippen LogP contribution >= 0.6 is 0 Å². The van der Waals surface area contributed by atoms with E-state index >= 15 is 0 Å². The van der Waals surface area contributed by atoms with Gasteiger partial charge in [-0.3, -0.25) is 14.8 Å². The van der Waals surface area contributed by atoms with Crippen molar-refractivity contribution >= 4 is 39.7 Å². The van der Waals surface area contributed by atoms with E-state index in [0.717, 1.165) is 38.8 Å². The summed E-state index contributed by atoms with van der Waals surface area (Å²) in [6, 6.07) is 38.0. The number of rotatable bonds is 5. The molecule has 0 aliphatic rings. The Morgan fingerprint density at radius 2 is 1.24 bits per heavy atom. The van der Waals surface area contributed by atoms with Gasteiger partial charge in [-0.25, -0.2) is 14.4 Å². The summed E-state index contributed by atoms with van der Waals surface area (Å²) < 4.78 is 12.1. The van der Waals surface area contributed by atoms with Gasteiger partial charge in [0.25, 0.3) is 0 Å². The van der Waals surface area contributed by atoms with Gasteiger partial charge in [0.05, 0.1) is 6.04 Å². The highest BCUT2D eigenvalue weighted by Gasteiger charge is 2.20. The number of aryl methyl sites for hydroxylation is 3. The lowest BCUT2D eigenvalue weighted by Crippen LogP contribution is -2.13. The van der Waals surface area contributed by atoms with Crippen LogP contribution in [0.15, 0.2) is 152 Å². The lowest BCUT2D eigenvalue weighted by Gasteiger charge is -2.22. The molecule has 0 spiro atoms. The second-order valence-corrected chi connectivity index (χ2v) is 12.6. The third-order valence-electron chi connectivity index (χ3n) is 8.26. The first-order chi connectivity index (χ1) is 26.6. The maximum absolute atomic E-state index is 12.1. The first kappa shape index (κ1) is 39.0. The number of carbonyl (C=O) groups is 1. The van der Waals surface area contributed by atoms with Crippen LogP contribution in [0.1, 0.15) is 44.2 Å². The SMILES string of the molecule is Cc1ccc(C(Nc2ccc(C)cn2)c2ccc3cccnc3c2O)cc1.Cc1ccc(N)nc1.O=Cc1ccc(F)cc1.Oc1cccc2cccnc12. The molecule has 276 valence electrons. The quantitative estimate of drug-likeness (QED) is 0.127. The van der Waals surface area contributed by atoms with Gasteiger partial charge in [0.2, 0.25) is 0 Å². The van der Waals surface area contributed by atoms with E-state index in [0.29, 0.717) is 28.7 Å². The van der Waals surface area contributed by atoms with E-state index in [1.165, 1.54) is 29.8 Å². The van der Waals surface area contributed by atoms with Crippen LogP contribution in [0.5, 0.6) is 11.5 Å². The molecule has 0 fully saturated rings. The van der Waals surface area contributed by atoms with Crippen LogP contribution in [0.2, 0.25) is 0 Å². The number of hydrogen-bond donors (Lipinski definition) is 4. The largest absolute Gasteiger partial charge is 0.506 e. The zero-order chi connectivity index (χ0) is 39.2. The third-order valence-corrected chi connectivity index (χ3v) is 8.26. The number of halogens is 1. The number of phenols is 2. The number of nitrogens with one attached hydrogen (secondary N) is 1. The van der Waals surface area contributed by atoms with Crippen LogP contribution in [0.25, 0.3) is 21.8 Å². The maximum Gasteiger partial charge on any atom is 0.150 e. The van der Waals surface area contributed by atoms with E-state index in [1.807, 2.05) is 80.7 Å². The summed E-state index contributed by atoms with van der Waals surface area (Å²) in [5, 5.41) is 25.6. The Kier molecular flexibility index (Phi) is 13.5. The minimum Gasteiger partial charge on any atom is -0.506 e. The van der Waals surface area contributed by atoms with Crippen LogP contribution in [0, 0.1) is 26.6 Å². The molecular formula is C45H41FN6O3. The van der Waals surface area contributed by atoms with Crippen molar-refractivity contribution in [1.82, 2.24) is 19.9 Å². The fraction of sp³-hybridized carbons (Fsp3) is 0.0889. The third kappa shape index (κ3) is 11.1. The topological polar surface area (TPSA) is 147 Å². The summed E-state index contributed by atoms with van der Waals surface area (Å²) in [6.07, 6.45) is 7.62. The van der Waals surface area contributed by atoms with Crippen molar-refractivity contribution < 1.29 is 19.4 Å². The van der Waals surface area contributed by atoms with E-state index in [4.69, 9.17) is 5.73 Å². The Morgan fingerprint density at radius 1 is 0.636 bits per heavy atom. The van der Waals surface area contributed by atoms with Gasteiger partial charge in [0, 0.05) is 46.7 Å². The number of phenolic OH excluding ortho intramolecular Hbond substituents is 2. The normalized spacial score (nSPS) is 10.8. The number of para-hydroxylation sites is 1. The summed E-state index contributed by atoms with van der Waals surface area (Å²) in [5.74, 6) is 1.45. The molecule has 1 atom stereocenters. The lowest BCUT2D eigenvalue weighted by molar-refractivity contribution is 0.112. The highest BCUT2D eigenvalue weighted by molar-refractivity contribution is 5.86. The fourth-order valence-corrected chi connectivity index (χ4v) is 5.29. The summed E-state index contributed by atoms with van der Waals surface area (Å²) in [6.45, 7) is 6.05. The number of anilines is 2. The lowest BCUT2D eigenvalue weighted by atomic mass is 9.95. The molecule has 0 aliphatic heterocycles. The number of aromatic hydroxyl groups is 2. The minimum absolute atomic E-state index is 0.193. The summed E-state index contributed by atoms with van der Waals surface area (Å²) >= 11 is 0. The van der Waals surface area contributed by atoms with Gasteiger partial charge in [-0.15, -0.1) is 0 Å². The molecule has 55 heavy (non-hydrogen) atoms. The average Bonchev–Trinajstić information content (AvgIpc) is 3.21. The molecule has 8 rings (SSSR count). The van der Waals surface area contributed by atoms with Gasteiger partial charge in [-0.2, -0.15) is 0 Å². The van der Waals surface area contributed by atoms with Crippen LogP contribution in [0.4, 0.5) is 16.0 Å². The van der Waals surface area contributed by atoms with E-state index in [1.54, 1.807) is 36.8 Å². The van der Waals surface area contributed by atoms with Gasteiger partial charge >= 0.3 is 0 Å². The molecule has 5 N–H and O–H groups in total. The monoisotopic (exact) mass is 732 g/mol. The Bertz CT molecular complexity index is 2420. The predicted molar refractivity (Wildman–Crippen MR) is 218 cm³/mol. The smallest absolute Gasteiger partial charge is 0.150 e. The van der Waals surface area contributed by atoms with Crippen LogP contribution in [-0.4, -0.2) is 36.4 Å².